The van der Waals surface area contributed by atoms with E-state index in [4.69, 9.17) is 0 Å². The number of aromatic nitrogens is 3. The lowest BCUT2D eigenvalue weighted by atomic mass is 9.62. The van der Waals surface area contributed by atoms with Gasteiger partial charge in [0.2, 0.25) is 0 Å². The minimum Gasteiger partial charge on any atom is -0.383 e. The van der Waals surface area contributed by atoms with Gasteiger partial charge in [0.25, 0.3) is 0 Å². The van der Waals surface area contributed by atoms with Gasteiger partial charge < -0.3 is 5.11 Å². The Morgan fingerprint density at radius 1 is 1.19 bits per heavy atom. The minimum atomic E-state index is -0.929. The molecule has 0 radical (unpaired) electrons. The fourth-order valence-corrected chi connectivity index (χ4v) is 3.91. The summed E-state index contributed by atoms with van der Waals surface area (Å²) in [5, 5.41) is 15.9. The third-order valence-electron chi connectivity index (χ3n) is 5.87. The Bertz CT molecular complexity index is 767. The summed E-state index contributed by atoms with van der Waals surface area (Å²) in [4.78, 5) is 4.03. The fraction of sp³-hybridized carbons (Fsp3) is 0.545. The second-order valence-electron chi connectivity index (χ2n) is 9.23. The van der Waals surface area contributed by atoms with Crippen LogP contribution in [-0.4, -0.2) is 25.5 Å². The molecule has 2 aromatic rings. The van der Waals surface area contributed by atoms with Crippen molar-refractivity contribution in [1.82, 2.24) is 14.8 Å². The standard InChI is InChI=1S/C22H31N3O/c1-20(2,3)18-10-8-17(9-11-18)13-19-7-6-12-21(4,5)22(19,26)14-25-16-23-15-24-25/h8-11,13,15-16,26H,6-7,12,14H2,1-5H3/b19-13+. The molecule has 4 nitrogen and oxygen atoms in total. The number of rotatable bonds is 3. The normalized spacial score (nSPS) is 24.8. The van der Waals surface area contributed by atoms with Crippen LogP contribution >= 0.6 is 0 Å². The van der Waals surface area contributed by atoms with Crippen molar-refractivity contribution in [3.05, 3.63) is 53.6 Å². The van der Waals surface area contributed by atoms with E-state index < -0.39 is 5.60 Å². The zero-order valence-electron chi connectivity index (χ0n) is 16.7. The van der Waals surface area contributed by atoms with Crippen molar-refractivity contribution in [3.63, 3.8) is 0 Å². The summed E-state index contributed by atoms with van der Waals surface area (Å²) in [5.74, 6) is 0. The van der Waals surface area contributed by atoms with Crippen LogP contribution in [0.5, 0.6) is 0 Å². The molecule has 1 heterocycles. The maximum absolute atomic E-state index is 11.7. The summed E-state index contributed by atoms with van der Waals surface area (Å²) >= 11 is 0. The van der Waals surface area contributed by atoms with Crippen molar-refractivity contribution in [3.8, 4) is 0 Å². The molecule has 3 rings (SSSR count). The molecule has 1 N–H and O–H groups in total. The van der Waals surface area contributed by atoms with Gasteiger partial charge >= 0.3 is 0 Å². The van der Waals surface area contributed by atoms with Crippen molar-refractivity contribution in [2.24, 2.45) is 5.41 Å². The molecule has 0 saturated heterocycles. The number of benzene rings is 1. The van der Waals surface area contributed by atoms with E-state index >= 15 is 0 Å². The molecule has 1 saturated carbocycles. The summed E-state index contributed by atoms with van der Waals surface area (Å²) < 4.78 is 1.74. The Morgan fingerprint density at radius 2 is 1.88 bits per heavy atom. The molecule has 0 amide bonds. The van der Waals surface area contributed by atoms with E-state index in [1.54, 1.807) is 11.0 Å². The molecular formula is C22H31N3O. The van der Waals surface area contributed by atoms with Gasteiger partial charge in [-0.25, -0.2) is 9.67 Å². The highest BCUT2D eigenvalue weighted by Gasteiger charge is 2.48. The van der Waals surface area contributed by atoms with E-state index in [2.05, 4.69) is 75.0 Å². The molecule has 26 heavy (non-hydrogen) atoms. The minimum absolute atomic E-state index is 0.145. The molecule has 1 fully saturated rings. The van der Waals surface area contributed by atoms with E-state index in [9.17, 15) is 5.11 Å². The molecule has 1 atom stereocenters. The zero-order valence-corrected chi connectivity index (χ0v) is 16.7. The number of hydrogen-bond donors (Lipinski definition) is 1. The highest BCUT2D eigenvalue weighted by molar-refractivity contribution is 5.56. The molecule has 0 spiro atoms. The predicted molar refractivity (Wildman–Crippen MR) is 106 cm³/mol. The van der Waals surface area contributed by atoms with Crippen molar-refractivity contribution in [2.75, 3.05) is 0 Å². The first-order chi connectivity index (χ1) is 12.1. The van der Waals surface area contributed by atoms with E-state index in [0.29, 0.717) is 6.54 Å². The molecule has 1 aliphatic rings. The summed E-state index contributed by atoms with van der Waals surface area (Å²) in [6, 6.07) is 8.70. The Balaban J connectivity index is 1.96. The van der Waals surface area contributed by atoms with Crippen LogP contribution in [0.15, 0.2) is 42.5 Å². The van der Waals surface area contributed by atoms with Crippen LogP contribution in [0.1, 0.15) is 65.0 Å². The smallest absolute Gasteiger partial charge is 0.137 e. The summed E-state index contributed by atoms with van der Waals surface area (Å²) in [6.07, 6.45) is 8.38. The van der Waals surface area contributed by atoms with Crippen LogP contribution in [0.3, 0.4) is 0 Å². The SMILES string of the molecule is CC(C)(C)c1ccc(/C=C2\CCCC(C)(C)C2(O)Cn2cncn2)cc1. The van der Waals surface area contributed by atoms with Gasteiger partial charge in [-0.05, 0) is 46.8 Å². The molecule has 0 bridgehead atoms. The van der Waals surface area contributed by atoms with Gasteiger partial charge in [0.15, 0.2) is 0 Å². The van der Waals surface area contributed by atoms with Gasteiger partial charge in [-0.2, -0.15) is 5.10 Å². The largest absolute Gasteiger partial charge is 0.383 e. The topological polar surface area (TPSA) is 50.9 Å². The average molecular weight is 354 g/mol. The van der Waals surface area contributed by atoms with E-state index in [1.165, 1.54) is 11.9 Å². The lowest BCUT2D eigenvalue weighted by molar-refractivity contribution is -0.0692. The maximum atomic E-state index is 11.7. The van der Waals surface area contributed by atoms with Gasteiger partial charge in [0.05, 0.1) is 6.54 Å². The van der Waals surface area contributed by atoms with E-state index in [1.807, 2.05) is 0 Å². The van der Waals surface area contributed by atoms with Gasteiger partial charge in [-0.15, -0.1) is 0 Å². The molecule has 1 aromatic heterocycles. The quantitative estimate of drug-likeness (QED) is 0.877. The number of nitrogens with zero attached hydrogens (tertiary/aromatic N) is 3. The molecular weight excluding hydrogens is 322 g/mol. The highest BCUT2D eigenvalue weighted by Crippen LogP contribution is 2.48. The maximum Gasteiger partial charge on any atom is 0.137 e. The fourth-order valence-electron chi connectivity index (χ4n) is 3.91. The van der Waals surface area contributed by atoms with Crippen LogP contribution < -0.4 is 0 Å². The van der Waals surface area contributed by atoms with Crippen molar-refractivity contribution in [1.29, 1.82) is 0 Å². The third kappa shape index (κ3) is 3.61. The lowest BCUT2D eigenvalue weighted by Crippen LogP contribution is -2.52. The average Bonchev–Trinajstić information content (AvgIpc) is 3.05. The van der Waals surface area contributed by atoms with Gasteiger partial charge in [0.1, 0.15) is 18.3 Å². The van der Waals surface area contributed by atoms with E-state index in [0.717, 1.165) is 30.4 Å². The first-order valence-corrected chi connectivity index (χ1v) is 9.48. The van der Waals surface area contributed by atoms with Crippen LogP contribution in [0, 0.1) is 5.41 Å². The molecule has 1 aromatic carbocycles. The molecule has 140 valence electrons. The summed E-state index contributed by atoms with van der Waals surface area (Å²) in [7, 11) is 0. The first kappa shape index (κ1) is 18.8. The van der Waals surface area contributed by atoms with Crippen LogP contribution in [0.4, 0.5) is 0 Å². The van der Waals surface area contributed by atoms with Gasteiger partial charge in [-0.1, -0.05) is 65.0 Å². The highest BCUT2D eigenvalue weighted by atomic mass is 16.3. The number of aliphatic hydroxyl groups is 1. The summed E-state index contributed by atoms with van der Waals surface area (Å²) in [6.45, 7) is 11.4. The van der Waals surface area contributed by atoms with Gasteiger partial charge in [-0.3, -0.25) is 0 Å². The second-order valence-corrected chi connectivity index (χ2v) is 9.23. The molecule has 1 aliphatic carbocycles. The Morgan fingerprint density at radius 3 is 2.46 bits per heavy atom. The Kier molecular flexibility index (Phi) is 4.82. The zero-order chi connectivity index (χ0) is 19.0. The van der Waals surface area contributed by atoms with Crippen LogP contribution in [0.25, 0.3) is 6.08 Å². The lowest BCUT2D eigenvalue weighted by Gasteiger charge is -2.48. The number of hydrogen-bond acceptors (Lipinski definition) is 3. The van der Waals surface area contributed by atoms with Gasteiger partial charge in [0, 0.05) is 0 Å². The predicted octanol–water partition coefficient (Wildman–Crippen LogP) is 4.60. The van der Waals surface area contributed by atoms with Crippen molar-refractivity contribution >= 4 is 6.08 Å². The first-order valence-electron chi connectivity index (χ1n) is 9.48. The molecule has 1 unspecified atom stereocenters. The van der Waals surface area contributed by atoms with E-state index in [-0.39, 0.29) is 10.8 Å². The second kappa shape index (κ2) is 6.66. The molecule has 4 heteroatoms. The Hall–Kier alpha value is -1.94. The monoisotopic (exact) mass is 353 g/mol. The van der Waals surface area contributed by atoms with Crippen LogP contribution in [-0.2, 0) is 12.0 Å². The Labute approximate surface area is 157 Å². The summed E-state index contributed by atoms with van der Waals surface area (Å²) in [5.41, 5.74) is 2.56. The third-order valence-corrected chi connectivity index (χ3v) is 5.87. The molecule has 0 aliphatic heterocycles. The van der Waals surface area contributed by atoms with Crippen molar-refractivity contribution in [2.45, 2.75) is 71.4 Å². The van der Waals surface area contributed by atoms with Crippen LogP contribution in [0.2, 0.25) is 0 Å². The van der Waals surface area contributed by atoms with Crippen molar-refractivity contribution < 1.29 is 5.11 Å².